The van der Waals surface area contributed by atoms with Gasteiger partial charge in [-0.1, -0.05) is 55.1 Å². The van der Waals surface area contributed by atoms with Gasteiger partial charge in [-0.3, -0.25) is 9.59 Å². The zero-order chi connectivity index (χ0) is 25.7. The number of allylic oxidation sites excluding steroid dienone is 1. The maximum atomic E-state index is 13.2. The molecule has 1 N–H and O–H groups in total. The summed E-state index contributed by atoms with van der Waals surface area (Å²) in [6.45, 7) is 4.12. The lowest BCUT2D eigenvalue weighted by atomic mass is 9.83. The fourth-order valence-electron chi connectivity index (χ4n) is 5.12. The molecule has 0 saturated heterocycles. The van der Waals surface area contributed by atoms with Crippen molar-refractivity contribution in [3.63, 3.8) is 0 Å². The number of carbonyl (C=O) groups is 3. The van der Waals surface area contributed by atoms with Crippen molar-refractivity contribution in [2.75, 3.05) is 6.61 Å². The highest BCUT2D eigenvalue weighted by atomic mass is 35.5. The molecule has 36 heavy (non-hydrogen) atoms. The summed E-state index contributed by atoms with van der Waals surface area (Å²) in [5.74, 6) is -0.938. The number of benzene rings is 2. The van der Waals surface area contributed by atoms with Gasteiger partial charge in [-0.25, -0.2) is 4.79 Å². The summed E-state index contributed by atoms with van der Waals surface area (Å²) in [5.41, 5.74) is 3.41. The normalized spacial score (nSPS) is 18.8. The Bertz CT molecular complexity index is 1130. The summed E-state index contributed by atoms with van der Waals surface area (Å²) >= 11 is 6.05. The zero-order valence-corrected chi connectivity index (χ0v) is 21.6. The van der Waals surface area contributed by atoms with Crippen LogP contribution in [0, 0.1) is 0 Å². The molecule has 0 bridgehead atoms. The summed E-state index contributed by atoms with van der Waals surface area (Å²) in [5, 5.41) is 3.73. The molecule has 1 unspecified atom stereocenters. The van der Waals surface area contributed by atoms with E-state index in [1.807, 2.05) is 24.3 Å². The van der Waals surface area contributed by atoms with Crippen molar-refractivity contribution in [2.45, 2.75) is 70.9 Å². The third-order valence-corrected chi connectivity index (χ3v) is 7.34. The third kappa shape index (κ3) is 5.98. The van der Waals surface area contributed by atoms with Gasteiger partial charge in [0.1, 0.15) is 0 Å². The van der Waals surface area contributed by atoms with E-state index in [-0.39, 0.29) is 30.9 Å². The molecule has 0 radical (unpaired) electrons. The van der Waals surface area contributed by atoms with E-state index >= 15 is 0 Å². The Balaban J connectivity index is 1.53. The van der Waals surface area contributed by atoms with Crippen LogP contribution in [0.5, 0.6) is 0 Å². The van der Waals surface area contributed by atoms with Gasteiger partial charge >= 0.3 is 5.97 Å². The molecule has 6 nitrogen and oxygen atoms in total. The minimum atomic E-state index is -0.415. The van der Waals surface area contributed by atoms with Gasteiger partial charge in [0.2, 0.25) is 5.91 Å². The molecule has 7 heteroatoms. The van der Waals surface area contributed by atoms with Crippen molar-refractivity contribution in [1.29, 1.82) is 0 Å². The average Bonchev–Trinajstić information content (AvgIpc) is 2.87. The minimum absolute atomic E-state index is 0.0611. The van der Waals surface area contributed by atoms with Gasteiger partial charge in [-0.15, -0.1) is 0 Å². The number of amides is 2. The van der Waals surface area contributed by atoms with E-state index in [0.29, 0.717) is 28.4 Å². The molecule has 0 spiro atoms. The molecule has 1 atom stereocenters. The second-order valence-corrected chi connectivity index (χ2v) is 9.95. The summed E-state index contributed by atoms with van der Waals surface area (Å²) in [6, 6.07) is 14.8. The largest absolute Gasteiger partial charge is 0.463 e. The maximum Gasteiger partial charge on any atom is 0.336 e. The molecule has 1 aliphatic heterocycles. The van der Waals surface area contributed by atoms with E-state index in [9.17, 15) is 14.4 Å². The van der Waals surface area contributed by atoms with Crippen LogP contribution in [-0.4, -0.2) is 35.3 Å². The number of nitrogens with one attached hydrogen (secondary N) is 1. The van der Waals surface area contributed by atoms with Crippen molar-refractivity contribution in [1.82, 2.24) is 10.2 Å². The number of esters is 1. The second kappa shape index (κ2) is 11.7. The van der Waals surface area contributed by atoms with E-state index in [4.69, 9.17) is 16.3 Å². The Labute approximate surface area is 217 Å². The molecule has 0 aromatic heterocycles. The van der Waals surface area contributed by atoms with E-state index in [1.54, 1.807) is 43.0 Å². The van der Waals surface area contributed by atoms with Gasteiger partial charge in [-0.05, 0) is 62.1 Å². The van der Waals surface area contributed by atoms with Gasteiger partial charge in [0.05, 0.1) is 18.7 Å². The van der Waals surface area contributed by atoms with E-state index in [0.717, 1.165) is 36.8 Å². The highest BCUT2D eigenvalue weighted by Gasteiger charge is 2.36. The average molecular weight is 509 g/mol. The summed E-state index contributed by atoms with van der Waals surface area (Å²) in [6.07, 6.45) is 5.79. The SMILES string of the molecule is CCOC(=O)C1=C(C)N(Cc2ccc(C(=O)NC3CCCCC3)cc2)C(=O)CC1c1ccc(Cl)cc1. The number of nitrogens with zero attached hydrogens (tertiary/aromatic N) is 1. The molecule has 190 valence electrons. The highest BCUT2D eigenvalue weighted by Crippen LogP contribution is 2.38. The molecule has 1 fully saturated rings. The molecular weight excluding hydrogens is 476 g/mol. The summed E-state index contributed by atoms with van der Waals surface area (Å²) in [7, 11) is 0. The Kier molecular flexibility index (Phi) is 8.47. The van der Waals surface area contributed by atoms with Gasteiger partial charge in [-0.2, -0.15) is 0 Å². The van der Waals surface area contributed by atoms with Crippen LogP contribution in [0.4, 0.5) is 0 Å². The number of hydrogen-bond donors (Lipinski definition) is 1. The topological polar surface area (TPSA) is 75.7 Å². The molecule has 2 aromatic carbocycles. The first-order chi connectivity index (χ1) is 17.4. The van der Waals surface area contributed by atoms with Gasteiger partial charge in [0.25, 0.3) is 5.91 Å². The molecule has 4 rings (SSSR count). The standard InChI is InChI=1S/C29H33ClN2O4/c1-3-36-29(35)27-19(2)32(26(33)17-25(27)21-13-15-23(30)16-14-21)18-20-9-11-22(12-10-20)28(34)31-24-7-5-4-6-8-24/h9-16,24-25H,3-8,17-18H2,1-2H3,(H,31,34). The Morgan fingerprint density at radius 3 is 2.33 bits per heavy atom. The van der Waals surface area contributed by atoms with Crippen molar-refractivity contribution < 1.29 is 19.1 Å². The van der Waals surface area contributed by atoms with Crippen molar-refractivity contribution in [2.24, 2.45) is 0 Å². The Morgan fingerprint density at radius 2 is 1.69 bits per heavy atom. The van der Waals surface area contributed by atoms with Crippen LogP contribution in [0.25, 0.3) is 0 Å². The quantitative estimate of drug-likeness (QED) is 0.483. The number of hydrogen-bond acceptors (Lipinski definition) is 4. The predicted octanol–water partition coefficient (Wildman–Crippen LogP) is 5.76. The lowest BCUT2D eigenvalue weighted by molar-refractivity contribution is -0.140. The van der Waals surface area contributed by atoms with E-state index in [2.05, 4.69) is 5.32 Å². The van der Waals surface area contributed by atoms with Crippen LogP contribution < -0.4 is 5.32 Å². The molecular formula is C29H33ClN2O4. The van der Waals surface area contributed by atoms with E-state index < -0.39 is 11.9 Å². The van der Waals surface area contributed by atoms with Crippen molar-refractivity contribution >= 4 is 29.4 Å². The lowest BCUT2D eigenvalue weighted by Crippen LogP contribution is -2.38. The Morgan fingerprint density at radius 1 is 1.03 bits per heavy atom. The molecule has 2 aromatic rings. The molecule has 1 aliphatic carbocycles. The van der Waals surface area contributed by atoms with Crippen molar-refractivity contribution in [3.05, 3.63) is 81.5 Å². The Hall–Kier alpha value is -3.12. The first-order valence-electron chi connectivity index (χ1n) is 12.7. The molecule has 2 amide bonds. The first-order valence-corrected chi connectivity index (χ1v) is 13.1. The van der Waals surface area contributed by atoms with Gasteiger partial charge in [0.15, 0.2) is 0 Å². The van der Waals surface area contributed by atoms with Gasteiger partial charge < -0.3 is 15.0 Å². The van der Waals surface area contributed by atoms with E-state index in [1.165, 1.54) is 6.42 Å². The monoisotopic (exact) mass is 508 g/mol. The fraction of sp³-hybridized carbons (Fsp3) is 0.414. The fourth-order valence-corrected chi connectivity index (χ4v) is 5.24. The summed E-state index contributed by atoms with van der Waals surface area (Å²) in [4.78, 5) is 40.5. The maximum absolute atomic E-state index is 13.2. The van der Waals surface area contributed by atoms with Crippen LogP contribution in [0.2, 0.25) is 5.02 Å². The van der Waals surface area contributed by atoms with Crippen LogP contribution >= 0.6 is 11.6 Å². The number of carbonyl (C=O) groups excluding carboxylic acids is 3. The third-order valence-electron chi connectivity index (χ3n) is 7.09. The van der Waals surface area contributed by atoms with Crippen LogP contribution in [0.1, 0.15) is 79.8 Å². The van der Waals surface area contributed by atoms with Crippen molar-refractivity contribution in [3.8, 4) is 0 Å². The number of ether oxygens (including phenoxy) is 1. The predicted molar refractivity (Wildman–Crippen MR) is 139 cm³/mol. The lowest BCUT2D eigenvalue weighted by Gasteiger charge is -2.34. The minimum Gasteiger partial charge on any atom is -0.463 e. The van der Waals surface area contributed by atoms with Crippen LogP contribution in [0.3, 0.4) is 0 Å². The molecule has 2 aliphatic rings. The number of rotatable bonds is 7. The number of halogens is 1. The summed E-state index contributed by atoms with van der Waals surface area (Å²) < 4.78 is 5.36. The van der Waals surface area contributed by atoms with Gasteiger partial charge in [0, 0.05) is 34.7 Å². The molecule has 1 heterocycles. The first kappa shape index (κ1) is 26.0. The highest BCUT2D eigenvalue weighted by molar-refractivity contribution is 6.30. The molecule has 1 saturated carbocycles. The zero-order valence-electron chi connectivity index (χ0n) is 20.9. The van der Waals surface area contributed by atoms with Crippen LogP contribution in [0.15, 0.2) is 59.8 Å². The smallest absolute Gasteiger partial charge is 0.336 e. The second-order valence-electron chi connectivity index (χ2n) is 9.51. The van der Waals surface area contributed by atoms with Crippen LogP contribution in [-0.2, 0) is 20.9 Å².